The second-order valence-corrected chi connectivity index (χ2v) is 10.6. The lowest BCUT2D eigenvalue weighted by Crippen LogP contribution is -2.47. The van der Waals surface area contributed by atoms with Crippen molar-refractivity contribution in [1.82, 2.24) is 19.5 Å². The quantitative estimate of drug-likeness (QED) is 0.741. The van der Waals surface area contributed by atoms with Crippen LogP contribution in [0.4, 0.5) is 10.6 Å². The summed E-state index contributed by atoms with van der Waals surface area (Å²) in [5, 5.41) is 15.3. The van der Waals surface area contributed by atoms with E-state index >= 15 is 0 Å². The molecule has 3 fully saturated rings. The van der Waals surface area contributed by atoms with Gasteiger partial charge in [0.15, 0.2) is 0 Å². The van der Waals surface area contributed by atoms with Crippen LogP contribution in [-0.4, -0.2) is 72.7 Å². The Morgan fingerprint density at radius 2 is 2.03 bits per heavy atom. The van der Waals surface area contributed by atoms with Crippen LogP contribution < -0.4 is 10.6 Å². The van der Waals surface area contributed by atoms with E-state index in [1.807, 2.05) is 6.07 Å². The number of anilines is 1. The van der Waals surface area contributed by atoms with Crippen molar-refractivity contribution in [1.29, 1.82) is 5.26 Å². The summed E-state index contributed by atoms with van der Waals surface area (Å²) in [5.41, 5.74) is 0.513. The Morgan fingerprint density at radius 3 is 2.73 bits per heavy atom. The first-order valence-electron chi connectivity index (χ1n) is 10.5. The molecule has 0 aromatic carbocycles. The topological polar surface area (TPSA) is 118 Å². The average Bonchev–Trinajstić information content (AvgIpc) is 3.27. The van der Waals surface area contributed by atoms with Gasteiger partial charge in [-0.1, -0.05) is 0 Å². The Kier molecular flexibility index (Phi) is 5.84. The minimum Gasteiger partial charge on any atom is -0.365 e. The molecule has 162 valence electrons. The first kappa shape index (κ1) is 20.9. The SMILES string of the molecule is CS(=O)(=O)N1CC2CCC(NC(=O)N3CC[C@@H](Nc4ccc(C#N)cn4)C3)CC1C2. The summed E-state index contributed by atoms with van der Waals surface area (Å²) in [6.45, 7) is 1.86. The monoisotopic (exact) mass is 432 g/mol. The summed E-state index contributed by atoms with van der Waals surface area (Å²) < 4.78 is 25.7. The number of pyridine rings is 1. The van der Waals surface area contributed by atoms with Gasteiger partial charge in [0.2, 0.25) is 10.0 Å². The summed E-state index contributed by atoms with van der Waals surface area (Å²) in [6.07, 6.45) is 7.05. The molecule has 1 aliphatic carbocycles. The Labute approximate surface area is 177 Å². The van der Waals surface area contributed by atoms with Crippen LogP contribution in [0.5, 0.6) is 0 Å². The molecule has 30 heavy (non-hydrogen) atoms. The van der Waals surface area contributed by atoms with Crippen LogP contribution in [0.3, 0.4) is 0 Å². The Hall–Kier alpha value is -2.38. The first-order valence-corrected chi connectivity index (χ1v) is 12.3. The number of fused-ring (bicyclic) bond motifs is 2. The second kappa shape index (κ2) is 8.40. The van der Waals surface area contributed by atoms with E-state index in [1.165, 1.54) is 12.5 Å². The van der Waals surface area contributed by atoms with E-state index in [0.717, 1.165) is 25.7 Å². The van der Waals surface area contributed by atoms with E-state index in [9.17, 15) is 13.2 Å². The van der Waals surface area contributed by atoms with Gasteiger partial charge in [-0.15, -0.1) is 0 Å². The number of amides is 2. The normalized spacial score (nSPS) is 29.3. The Balaban J connectivity index is 1.29. The zero-order chi connectivity index (χ0) is 21.3. The molecule has 1 aromatic heterocycles. The first-order chi connectivity index (χ1) is 14.3. The number of likely N-dealkylation sites (tertiary alicyclic amines) is 1. The standard InChI is InChI=1S/C20H28N6O3S/c1-30(28,29)26-12-14-2-4-16(9-18(26)8-14)24-20(27)25-7-6-17(13-25)23-19-5-3-15(10-21)11-22-19/h3,5,11,14,16-18H,2,4,6-9,12-13H2,1H3,(H,22,23)(H,24,27)/t14?,16?,17-,18?/m1/s1. The molecule has 4 atom stereocenters. The summed E-state index contributed by atoms with van der Waals surface area (Å²) in [5.74, 6) is 1.09. The van der Waals surface area contributed by atoms with Crippen molar-refractivity contribution in [3.63, 3.8) is 0 Å². The van der Waals surface area contributed by atoms with Crippen LogP contribution in [0.25, 0.3) is 0 Å². The Morgan fingerprint density at radius 1 is 1.20 bits per heavy atom. The van der Waals surface area contributed by atoms with E-state index in [4.69, 9.17) is 5.26 Å². The minimum absolute atomic E-state index is 0.00394. The van der Waals surface area contributed by atoms with Crippen LogP contribution in [0.2, 0.25) is 0 Å². The molecule has 2 N–H and O–H groups in total. The largest absolute Gasteiger partial charge is 0.365 e. The molecule has 1 aromatic rings. The molecule has 9 nitrogen and oxygen atoms in total. The van der Waals surface area contributed by atoms with Gasteiger partial charge < -0.3 is 15.5 Å². The molecule has 4 rings (SSSR count). The number of hydrogen-bond acceptors (Lipinski definition) is 6. The summed E-state index contributed by atoms with van der Waals surface area (Å²) in [7, 11) is -3.20. The van der Waals surface area contributed by atoms with Gasteiger partial charge >= 0.3 is 6.03 Å². The lowest BCUT2D eigenvalue weighted by molar-refractivity contribution is 0.199. The molecule has 2 aliphatic heterocycles. The van der Waals surface area contributed by atoms with Crippen molar-refractivity contribution in [3.8, 4) is 6.07 Å². The highest BCUT2D eigenvalue weighted by Crippen LogP contribution is 2.35. The zero-order valence-electron chi connectivity index (χ0n) is 17.1. The highest BCUT2D eigenvalue weighted by molar-refractivity contribution is 7.88. The fraction of sp³-hybridized carbons (Fsp3) is 0.650. The van der Waals surface area contributed by atoms with Crippen LogP contribution in [0.1, 0.15) is 37.7 Å². The number of rotatable bonds is 4. The molecule has 1 saturated carbocycles. The minimum atomic E-state index is -3.20. The van der Waals surface area contributed by atoms with Gasteiger partial charge in [-0.2, -0.15) is 9.57 Å². The predicted octanol–water partition coefficient (Wildman–Crippen LogP) is 1.35. The average molecular weight is 433 g/mol. The molecule has 3 unspecified atom stereocenters. The Bertz CT molecular complexity index is 929. The number of hydrogen-bond donors (Lipinski definition) is 2. The number of sulfonamides is 1. The third-order valence-electron chi connectivity index (χ3n) is 6.40. The smallest absolute Gasteiger partial charge is 0.317 e. The number of carbonyl (C=O) groups is 1. The molecule has 0 radical (unpaired) electrons. The number of aromatic nitrogens is 1. The summed E-state index contributed by atoms with van der Waals surface area (Å²) >= 11 is 0. The van der Waals surface area contributed by atoms with Crippen LogP contribution in [0.15, 0.2) is 18.3 Å². The summed E-state index contributed by atoms with van der Waals surface area (Å²) in [4.78, 5) is 18.8. The lowest BCUT2D eigenvalue weighted by atomic mass is 10.0. The van der Waals surface area contributed by atoms with E-state index in [-0.39, 0.29) is 24.2 Å². The predicted molar refractivity (Wildman–Crippen MR) is 112 cm³/mol. The number of carbonyl (C=O) groups excluding carboxylic acids is 1. The highest BCUT2D eigenvalue weighted by Gasteiger charge is 2.41. The molecule has 3 aliphatic rings. The molecule has 0 spiro atoms. The van der Waals surface area contributed by atoms with Gasteiger partial charge in [-0.3, -0.25) is 0 Å². The van der Waals surface area contributed by atoms with Crippen molar-refractivity contribution >= 4 is 21.9 Å². The van der Waals surface area contributed by atoms with Crippen LogP contribution >= 0.6 is 0 Å². The maximum atomic E-state index is 12.8. The van der Waals surface area contributed by atoms with Gasteiger partial charge in [0.25, 0.3) is 0 Å². The third kappa shape index (κ3) is 4.68. The third-order valence-corrected chi connectivity index (χ3v) is 7.70. The number of urea groups is 1. The molecule has 10 heteroatoms. The zero-order valence-corrected chi connectivity index (χ0v) is 17.9. The lowest BCUT2D eigenvalue weighted by Gasteiger charge is -2.29. The molecule has 2 bridgehead atoms. The van der Waals surface area contributed by atoms with Crippen LogP contribution in [0, 0.1) is 17.2 Å². The fourth-order valence-corrected chi connectivity index (χ4v) is 6.10. The highest BCUT2D eigenvalue weighted by atomic mass is 32.2. The molecule has 3 heterocycles. The van der Waals surface area contributed by atoms with Crippen LogP contribution in [-0.2, 0) is 10.0 Å². The molecule has 2 amide bonds. The van der Waals surface area contributed by atoms with Gasteiger partial charge in [0, 0.05) is 44.0 Å². The van der Waals surface area contributed by atoms with Gasteiger partial charge in [0.1, 0.15) is 11.9 Å². The van der Waals surface area contributed by atoms with Crippen molar-refractivity contribution < 1.29 is 13.2 Å². The van der Waals surface area contributed by atoms with Crippen molar-refractivity contribution in [2.75, 3.05) is 31.2 Å². The van der Waals surface area contributed by atoms with E-state index < -0.39 is 10.0 Å². The van der Waals surface area contributed by atoms with Crippen molar-refractivity contribution in [2.24, 2.45) is 5.92 Å². The maximum absolute atomic E-state index is 12.8. The number of nitriles is 1. The van der Waals surface area contributed by atoms with Gasteiger partial charge in [-0.25, -0.2) is 18.2 Å². The number of nitrogens with zero attached hydrogens (tertiary/aromatic N) is 4. The van der Waals surface area contributed by atoms with E-state index in [2.05, 4.69) is 15.6 Å². The maximum Gasteiger partial charge on any atom is 0.317 e. The van der Waals surface area contributed by atoms with Gasteiger partial charge in [-0.05, 0) is 50.2 Å². The molecular formula is C20H28N6O3S. The second-order valence-electron chi connectivity index (χ2n) is 8.67. The molecular weight excluding hydrogens is 404 g/mol. The molecule has 2 saturated heterocycles. The summed E-state index contributed by atoms with van der Waals surface area (Å²) in [6, 6.07) is 5.56. The fourth-order valence-electron chi connectivity index (χ4n) is 4.91. The van der Waals surface area contributed by atoms with Gasteiger partial charge in [0.05, 0.1) is 11.8 Å². The van der Waals surface area contributed by atoms with E-state index in [1.54, 1.807) is 21.3 Å². The van der Waals surface area contributed by atoms with Crippen molar-refractivity contribution in [3.05, 3.63) is 23.9 Å². The van der Waals surface area contributed by atoms with Crippen molar-refractivity contribution in [2.45, 2.75) is 50.2 Å². The van der Waals surface area contributed by atoms with E-state index in [0.29, 0.717) is 43.4 Å². The number of nitrogens with one attached hydrogen (secondary N) is 2.